The van der Waals surface area contributed by atoms with Gasteiger partial charge >= 0.3 is 5.97 Å². The summed E-state index contributed by atoms with van der Waals surface area (Å²) < 4.78 is 0.913. The number of nitrogens with zero attached hydrogens (tertiary/aromatic N) is 1. The number of hydrogen-bond acceptors (Lipinski definition) is 3. The summed E-state index contributed by atoms with van der Waals surface area (Å²) in [7, 11) is 0. The number of carboxylic acid groups (broad SMARTS) is 1. The molecule has 0 unspecified atom stereocenters. The number of anilines is 2. The molecule has 3 rings (SSSR count). The zero-order valence-corrected chi connectivity index (χ0v) is 14.7. The largest absolute Gasteiger partial charge is 0.478 e. The molecule has 0 bridgehead atoms. The van der Waals surface area contributed by atoms with Gasteiger partial charge in [-0.25, -0.2) is 4.79 Å². The minimum Gasteiger partial charge on any atom is -0.478 e. The van der Waals surface area contributed by atoms with Crippen molar-refractivity contribution in [1.82, 2.24) is 0 Å². The van der Waals surface area contributed by atoms with Crippen molar-refractivity contribution in [3.63, 3.8) is 0 Å². The number of aromatic carboxylic acids is 1. The molecule has 2 N–H and O–H groups in total. The molecular formula is C18H15BrN2O4. The number of amides is 2. The zero-order chi connectivity index (χ0) is 18.0. The Hall–Kier alpha value is -2.67. The molecule has 2 aromatic carbocycles. The quantitative estimate of drug-likeness (QED) is 0.822. The molecule has 1 atom stereocenters. The van der Waals surface area contributed by atoms with E-state index in [-0.39, 0.29) is 23.8 Å². The maximum Gasteiger partial charge on any atom is 0.335 e. The van der Waals surface area contributed by atoms with E-state index in [1.807, 2.05) is 24.3 Å². The third kappa shape index (κ3) is 3.88. The van der Waals surface area contributed by atoms with Crippen LogP contribution in [0.25, 0.3) is 0 Å². The summed E-state index contributed by atoms with van der Waals surface area (Å²) in [6.07, 6.45) is 0.126. The Morgan fingerprint density at radius 2 is 1.88 bits per heavy atom. The van der Waals surface area contributed by atoms with Crippen molar-refractivity contribution in [2.45, 2.75) is 6.42 Å². The van der Waals surface area contributed by atoms with Gasteiger partial charge in [-0.3, -0.25) is 9.59 Å². The molecule has 1 saturated heterocycles. The fourth-order valence-electron chi connectivity index (χ4n) is 2.73. The van der Waals surface area contributed by atoms with Crippen LogP contribution in [0.4, 0.5) is 11.4 Å². The lowest BCUT2D eigenvalue weighted by atomic mass is 10.1. The lowest BCUT2D eigenvalue weighted by Crippen LogP contribution is -2.28. The summed E-state index contributed by atoms with van der Waals surface area (Å²) in [5.41, 5.74) is 1.24. The highest BCUT2D eigenvalue weighted by molar-refractivity contribution is 9.10. The van der Waals surface area contributed by atoms with Crippen molar-refractivity contribution in [2.24, 2.45) is 5.92 Å². The molecule has 0 saturated carbocycles. The first-order chi connectivity index (χ1) is 11.9. The molecule has 1 fully saturated rings. The second-order valence-corrected chi connectivity index (χ2v) is 6.67. The number of rotatable bonds is 4. The van der Waals surface area contributed by atoms with Gasteiger partial charge in [0, 0.05) is 28.8 Å². The van der Waals surface area contributed by atoms with E-state index in [1.54, 1.807) is 17.0 Å². The van der Waals surface area contributed by atoms with Gasteiger partial charge in [-0.1, -0.05) is 22.0 Å². The van der Waals surface area contributed by atoms with Gasteiger partial charge in [0.25, 0.3) is 0 Å². The highest BCUT2D eigenvalue weighted by Crippen LogP contribution is 2.27. The zero-order valence-electron chi connectivity index (χ0n) is 13.1. The summed E-state index contributed by atoms with van der Waals surface area (Å²) in [6, 6.07) is 13.3. The molecule has 1 aliphatic heterocycles. The Balaban J connectivity index is 1.69. The van der Waals surface area contributed by atoms with E-state index in [2.05, 4.69) is 21.2 Å². The van der Waals surface area contributed by atoms with Crippen LogP contribution in [0.3, 0.4) is 0 Å². The van der Waals surface area contributed by atoms with Gasteiger partial charge in [0.15, 0.2) is 0 Å². The lowest BCUT2D eigenvalue weighted by Gasteiger charge is -2.17. The summed E-state index contributed by atoms with van der Waals surface area (Å²) in [5, 5.41) is 11.7. The van der Waals surface area contributed by atoms with Crippen LogP contribution in [0.15, 0.2) is 53.0 Å². The van der Waals surface area contributed by atoms with Crippen LogP contribution < -0.4 is 10.2 Å². The van der Waals surface area contributed by atoms with Crippen LogP contribution in [-0.2, 0) is 9.59 Å². The minimum absolute atomic E-state index is 0.0942. The Morgan fingerprint density at radius 3 is 2.56 bits per heavy atom. The fourth-order valence-corrected chi connectivity index (χ4v) is 2.99. The van der Waals surface area contributed by atoms with E-state index >= 15 is 0 Å². The van der Waals surface area contributed by atoms with Crippen LogP contribution in [-0.4, -0.2) is 29.4 Å². The molecule has 128 valence electrons. The highest BCUT2D eigenvalue weighted by atomic mass is 79.9. The third-order valence-corrected chi connectivity index (χ3v) is 4.54. The van der Waals surface area contributed by atoms with Gasteiger partial charge < -0.3 is 15.3 Å². The van der Waals surface area contributed by atoms with Crippen molar-refractivity contribution in [2.75, 3.05) is 16.8 Å². The molecule has 25 heavy (non-hydrogen) atoms. The van der Waals surface area contributed by atoms with Crippen LogP contribution in [0, 0.1) is 5.92 Å². The van der Waals surface area contributed by atoms with E-state index in [9.17, 15) is 14.4 Å². The van der Waals surface area contributed by atoms with Crippen molar-refractivity contribution < 1.29 is 19.5 Å². The predicted molar refractivity (Wildman–Crippen MR) is 96.6 cm³/mol. The Kier molecular flexibility index (Phi) is 4.85. The van der Waals surface area contributed by atoms with Gasteiger partial charge in [-0.05, 0) is 42.5 Å². The van der Waals surface area contributed by atoms with Gasteiger partial charge in [-0.2, -0.15) is 0 Å². The smallest absolute Gasteiger partial charge is 0.335 e. The van der Waals surface area contributed by atoms with E-state index in [4.69, 9.17) is 5.11 Å². The first kappa shape index (κ1) is 17.2. The molecule has 0 aliphatic carbocycles. The Bertz CT molecular complexity index is 835. The molecule has 0 radical (unpaired) electrons. The predicted octanol–water partition coefficient (Wildman–Crippen LogP) is 3.14. The van der Waals surface area contributed by atoms with Crippen LogP contribution in [0.5, 0.6) is 0 Å². The molecule has 2 amide bonds. The summed E-state index contributed by atoms with van der Waals surface area (Å²) in [5.74, 6) is -1.95. The first-order valence-corrected chi connectivity index (χ1v) is 8.43. The Labute approximate surface area is 152 Å². The average molecular weight is 403 g/mol. The van der Waals surface area contributed by atoms with Crippen molar-refractivity contribution in [3.8, 4) is 0 Å². The molecule has 1 aliphatic rings. The number of carbonyl (C=O) groups excluding carboxylic acids is 2. The van der Waals surface area contributed by atoms with E-state index < -0.39 is 11.9 Å². The first-order valence-electron chi connectivity index (χ1n) is 7.64. The number of halogens is 1. The molecule has 2 aromatic rings. The van der Waals surface area contributed by atoms with E-state index in [1.165, 1.54) is 12.1 Å². The lowest BCUT2D eigenvalue weighted by molar-refractivity contribution is -0.122. The summed E-state index contributed by atoms with van der Waals surface area (Å²) >= 11 is 3.35. The second-order valence-electron chi connectivity index (χ2n) is 5.76. The number of nitrogens with one attached hydrogen (secondary N) is 1. The number of carbonyl (C=O) groups is 3. The second kappa shape index (κ2) is 7.06. The minimum atomic E-state index is -1.06. The third-order valence-electron chi connectivity index (χ3n) is 4.01. The SMILES string of the molecule is O=C(O)c1cccc(NC(=O)[C@@H]2CC(=O)N(c3ccc(Br)cc3)C2)c1. The van der Waals surface area contributed by atoms with Gasteiger partial charge in [0.2, 0.25) is 11.8 Å². The normalized spacial score (nSPS) is 16.8. The molecular weight excluding hydrogens is 388 g/mol. The van der Waals surface area contributed by atoms with Crippen LogP contribution in [0.2, 0.25) is 0 Å². The molecule has 7 heteroatoms. The standard InChI is InChI=1S/C18H15BrN2O4/c19-13-4-6-15(7-5-13)21-10-12(9-16(21)22)17(23)20-14-3-1-2-11(8-14)18(24)25/h1-8,12H,9-10H2,(H,20,23)(H,24,25)/t12-/m1/s1. The fraction of sp³-hybridized carbons (Fsp3) is 0.167. The number of hydrogen-bond donors (Lipinski definition) is 2. The van der Waals surface area contributed by atoms with E-state index in [0.717, 1.165) is 10.2 Å². The summed E-state index contributed by atoms with van der Waals surface area (Å²) in [4.78, 5) is 37.2. The van der Waals surface area contributed by atoms with Gasteiger partial charge in [0.1, 0.15) is 0 Å². The number of carboxylic acids is 1. The highest BCUT2D eigenvalue weighted by Gasteiger charge is 2.35. The van der Waals surface area contributed by atoms with Crippen LogP contribution in [0.1, 0.15) is 16.8 Å². The maximum absolute atomic E-state index is 12.4. The Morgan fingerprint density at radius 1 is 1.16 bits per heavy atom. The maximum atomic E-state index is 12.4. The van der Waals surface area contributed by atoms with Gasteiger partial charge in [0.05, 0.1) is 11.5 Å². The van der Waals surface area contributed by atoms with Gasteiger partial charge in [-0.15, -0.1) is 0 Å². The van der Waals surface area contributed by atoms with Crippen LogP contribution >= 0.6 is 15.9 Å². The molecule has 0 aromatic heterocycles. The summed E-state index contributed by atoms with van der Waals surface area (Å²) in [6.45, 7) is 0.297. The number of benzene rings is 2. The molecule has 6 nitrogen and oxygen atoms in total. The average Bonchev–Trinajstić information content (AvgIpc) is 2.98. The molecule has 1 heterocycles. The molecule has 0 spiro atoms. The van der Waals surface area contributed by atoms with E-state index in [0.29, 0.717) is 12.2 Å². The van der Waals surface area contributed by atoms with Crippen molar-refractivity contribution >= 4 is 45.1 Å². The van der Waals surface area contributed by atoms with Crippen molar-refractivity contribution in [3.05, 3.63) is 58.6 Å². The topological polar surface area (TPSA) is 86.7 Å². The monoisotopic (exact) mass is 402 g/mol. The van der Waals surface area contributed by atoms with Crippen molar-refractivity contribution in [1.29, 1.82) is 0 Å².